The molecule has 0 saturated carbocycles. The second-order valence-corrected chi connectivity index (χ2v) is 12.5. The van der Waals surface area contributed by atoms with Gasteiger partial charge in [-0.1, -0.05) is 91.3 Å². The Morgan fingerprint density at radius 2 is 1.48 bits per heavy atom. The highest BCUT2D eigenvalue weighted by Gasteiger charge is 2.30. The van der Waals surface area contributed by atoms with Crippen LogP contribution in [0.5, 0.6) is 0 Å². The molecule has 0 aliphatic rings. The van der Waals surface area contributed by atoms with Gasteiger partial charge in [-0.2, -0.15) is 0 Å². The summed E-state index contributed by atoms with van der Waals surface area (Å²) in [5, 5.41) is 3.48. The number of benzene rings is 4. The molecule has 0 aliphatic heterocycles. The number of nitrogens with one attached hydrogen (secondary N) is 2. The van der Waals surface area contributed by atoms with Gasteiger partial charge in [-0.25, -0.2) is 17.5 Å². The van der Waals surface area contributed by atoms with Crippen molar-refractivity contribution in [1.82, 2.24) is 14.9 Å². The van der Waals surface area contributed by atoms with Crippen molar-refractivity contribution >= 4 is 33.4 Å². The minimum absolute atomic E-state index is 0.0730. The number of carbonyl (C=O) groups is 2. The molecule has 1 atom stereocenters. The third kappa shape index (κ3) is 9.22. The summed E-state index contributed by atoms with van der Waals surface area (Å²) in [4.78, 5) is 29.4. The van der Waals surface area contributed by atoms with Gasteiger partial charge in [0.2, 0.25) is 21.8 Å². The van der Waals surface area contributed by atoms with Crippen LogP contribution < -0.4 is 10.0 Å². The van der Waals surface area contributed by atoms with E-state index in [1.165, 1.54) is 29.2 Å². The molecule has 44 heavy (non-hydrogen) atoms. The van der Waals surface area contributed by atoms with Gasteiger partial charge in [-0.3, -0.25) is 9.59 Å². The number of nitrogens with zero attached hydrogens (tertiary/aromatic N) is 1. The Morgan fingerprint density at radius 1 is 0.841 bits per heavy atom. The van der Waals surface area contributed by atoms with Gasteiger partial charge < -0.3 is 10.2 Å². The molecule has 0 aliphatic carbocycles. The Kier molecular flexibility index (Phi) is 11.7. The maximum atomic E-state index is 13.9. The number of aryl methyl sites for hydroxylation is 1. The first-order valence-corrected chi connectivity index (χ1v) is 16.2. The molecular weight excluding hydrogens is 601 g/mol. The molecule has 0 aromatic heterocycles. The number of carbonyl (C=O) groups excluding carboxylic acids is 2. The molecule has 0 unspecified atom stereocenters. The molecule has 0 fully saturated rings. The molecular formula is C34H35ClFN3O4S. The molecule has 10 heteroatoms. The summed E-state index contributed by atoms with van der Waals surface area (Å²) >= 11 is 6.32. The smallest absolute Gasteiger partial charge is 0.243 e. The fourth-order valence-electron chi connectivity index (χ4n) is 4.79. The van der Waals surface area contributed by atoms with E-state index in [1.807, 2.05) is 48.5 Å². The van der Waals surface area contributed by atoms with E-state index in [0.29, 0.717) is 17.0 Å². The van der Waals surface area contributed by atoms with Gasteiger partial charge in [0, 0.05) is 37.5 Å². The maximum absolute atomic E-state index is 13.9. The molecule has 7 nitrogen and oxygen atoms in total. The summed E-state index contributed by atoms with van der Waals surface area (Å²) < 4.78 is 40.8. The SMILES string of the molecule is CCNS(=O)(=O)c1ccc(CCC(=O)N(Cc2ccc(F)cc2)[C@H](Cc2ccccc2)C(=O)NCc2ccccc2Cl)cc1. The molecule has 230 valence electrons. The van der Waals surface area contributed by atoms with Crippen LogP contribution in [0.15, 0.2) is 108 Å². The zero-order valence-corrected chi connectivity index (χ0v) is 26.0. The number of amides is 2. The summed E-state index contributed by atoms with van der Waals surface area (Å²) in [5.41, 5.74) is 3.07. The number of hydrogen-bond donors (Lipinski definition) is 2. The van der Waals surface area contributed by atoms with Crippen LogP contribution in [-0.4, -0.2) is 37.7 Å². The van der Waals surface area contributed by atoms with Crippen molar-refractivity contribution in [2.24, 2.45) is 0 Å². The monoisotopic (exact) mass is 635 g/mol. The first-order valence-electron chi connectivity index (χ1n) is 14.3. The fraction of sp³-hybridized carbons (Fsp3) is 0.235. The van der Waals surface area contributed by atoms with Crippen molar-refractivity contribution in [3.8, 4) is 0 Å². The standard InChI is InChI=1S/C34H35ClFN3O4S/c1-2-38-44(42,43)30-19-14-25(15-20-30)16-21-33(40)39(24-27-12-17-29(36)18-13-27)32(22-26-8-4-3-5-9-26)34(41)37-23-28-10-6-7-11-31(28)35/h3-15,17-20,32,38H,2,16,21-24H2,1H3,(H,37,41)/t32-/m1/s1. The van der Waals surface area contributed by atoms with E-state index in [0.717, 1.165) is 16.7 Å². The Morgan fingerprint density at radius 3 is 2.14 bits per heavy atom. The first kappa shape index (κ1) is 32.9. The van der Waals surface area contributed by atoms with Gasteiger partial charge in [0.1, 0.15) is 11.9 Å². The number of sulfonamides is 1. The van der Waals surface area contributed by atoms with Crippen LogP contribution in [0.25, 0.3) is 0 Å². The minimum atomic E-state index is -3.59. The predicted octanol–water partition coefficient (Wildman–Crippen LogP) is 5.67. The molecule has 4 rings (SSSR count). The lowest BCUT2D eigenvalue weighted by atomic mass is 10.0. The van der Waals surface area contributed by atoms with E-state index in [1.54, 1.807) is 37.3 Å². The molecule has 0 spiro atoms. The van der Waals surface area contributed by atoms with Gasteiger partial charge in [0.05, 0.1) is 4.90 Å². The lowest BCUT2D eigenvalue weighted by molar-refractivity contribution is -0.141. The van der Waals surface area contributed by atoms with Crippen LogP contribution >= 0.6 is 11.6 Å². The summed E-state index contributed by atoms with van der Waals surface area (Å²) in [6, 6.07) is 28.0. The van der Waals surface area contributed by atoms with Crippen LogP contribution in [-0.2, 0) is 45.5 Å². The second kappa shape index (κ2) is 15.6. The van der Waals surface area contributed by atoms with E-state index in [-0.39, 0.29) is 49.2 Å². The van der Waals surface area contributed by atoms with E-state index < -0.39 is 21.9 Å². The Labute approximate surface area is 263 Å². The van der Waals surface area contributed by atoms with Crippen molar-refractivity contribution in [2.75, 3.05) is 6.54 Å². The third-order valence-corrected chi connectivity index (χ3v) is 9.07. The molecule has 2 N–H and O–H groups in total. The van der Waals surface area contributed by atoms with Gasteiger partial charge in [0.15, 0.2) is 0 Å². The van der Waals surface area contributed by atoms with E-state index >= 15 is 0 Å². The van der Waals surface area contributed by atoms with Crippen molar-refractivity contribution in [3.63, 3.8) is 0 Å². The number of hydrogen-bond acceptors (Lipinski definition) is 4. The van der Waals surface area contributed by atoms with Crippen molar-refractivity contribution in [2.45, 2.75) is 50.2 Å². The fourth-order valence-corrected chi connectivity index (χ4v) is 6.03. The average Bonchev–Trinajstić information content (AvgIpc) is 3.02. The zero-order valence-electron chi connectivity index (χ0n) is 24.4. The van der Waals surface area contributed by atoms with E-state index in [4.69, 9.17) is 11.6 Å². The average molecular weight is 636 g/mol. The minimum Gasteiger partial charge on any atom is -0.350 e. The molecule has 4 aromatic rings. The highest BCUT2D eigenvalue weighted by Crippen LogP contribution is 2.19. The zero-order chi connectivity index (χ0) is 31.5. The summed E-state index contributed by atoms with van der Waals surface area (Å²) in [7, 11) is -3.59. The van der Waals surface area contributed by atoms with Gasteiger partial charge in [-0.15, -0.1) is 0 Å². The van der Waals surface area contributed by atoms with Gasteiger partial charge in [-0.05, 0) is 59.0 Å². The molecule has 0 bridgehead atoms. The van der Waals surface area contributed by atoms with E-state index in [2.05, 4.69) is 10.0 Å². The molecule has 2 amide bonds. The second-order valence-electron chi connectivity index (χ2n) is 10.3. The van der Waals surface area contributed by atoms with Crippen molar-refractivity contribution in [3.05, 3.63) is 136 Å². The quantitative estimate of drug-likeness (QED) is 0.187. The Balaban J connectivity index is 1.59. The lowest BCUT2D eigenvalue weighted by Crippen LogP contribution is -2.50. The Bertz CT molecular complexity index is 1650. The Hall–Kier alpha value is -4.05. The normalized spacial score (nSPS) is 12.0. The van der Waals surface area contributed by atoms with Crippen molar-refractivity contribution < 1.29 is 22.4 Å². The molecule has 0 radical (unpaired) electrons. The summed E-state index contributed by atoms with van der Waals surface area (Å²) in [6.07, 6.45) is 0.669. The third-order valence-electron chi connectivity index (χ3n) is 7.14. The van der Waals surface area contributed by atoms with Crippen LogP contribution in [0.3, 0.4) is 0 Å². The first-order chi connectivity index (χ1) is 21.2. The number of rotatable bonds is 14. The lowest BCUT2D eigenvalue weighted by Gasteiger charge is -2.32. The summed E-state index contributed by atoms with van der Waals surface area (Å²) in [6.45, 7) is 2.26. The van der Waals surface area contributed by atoms with Gasteiger partial charge >= 0.3 is 0 Å². The van der Waals surface area contributed by atoms with Crippen LogP contribution in [0.1, 0.15) is 35.6 Å². The maximum Gasteiger partial charge on any atom is 0.243 e. The summed E-state index contributed by atoms with van der Waals surface area (Å²) in [5.74, 6) is -1.01. The highest BCUT2D eigenvalue weighted by atomic mass is 35.5. The molecule has 0 saturated heterocycles. The largest absolute Gasteiger partial charge is 0.350 e. The van der Waals surface area contributed by atoms with Gasteiger partial charge in [0.25, 0.3) is 0 Å². The van der Waals surface area contributed by atoms with Crippen LogP contribution in [0.2, 0.25) is 5.02 Å². The van der Waals surface area contributed by atoms with Crippen molar-refractivity contribution in [1.29, 1.82) is 0 Å². The van der Waals surface area contributed by atoms with Crippen LogP contribution in [0, 0.1) is 5.82 Å². The molecule has 0 heterocycles. The number of halogens is 2. The topological polar surface area (TPSA) is 95.6 Å². The van der Waals surface area contributed by atoms with Crippen LogP contribution in [0.4, 0.5) is 4.39 Å². The van der Waals surface area contributed by atoms with E-state index in [9.17, 15) is 22.4 Å². The highest BCUT2D eigenvalue weighted by molar-refractivity contribution is 7.89. The predicted molar refractivity (Wildman–Crippen MR) is 170 cm³/mol. The molecule has 4 aromatic carbocycles.